The van der Waals surface area contributed by atoms with E-state index in [1.165, 1.54) is 0 Å². The van der Waals surface area contributed by atoms with Crippen molar-refractivity contribution in [1.82, 2.24) is 14.6 Å². The van der Waals surface area contributed by atoms with Crippen molar-refractivity contribution < 1.29 is 8.42 Å². The highest BCUT2D eigenvalue weighted by molar-refractivity contribution is 7.89. The first-order chi connectivity index (χ1) is 10.0. The highest BCUT2D eigenvalue weighted by Crippen LogP contribution is 2.27. The molecule has 7 heteroatoms. The molecule has 1 atom stereocenters. The van der Waals surface area contributed by atoms with Gasteiger partial charge in [-0.2, -0.15) is 4.31 Å². The molecule has 1 aliphatic heterocycles. The van der Waals surface area contributed by atoms with Crippen LogP contribution in [0.2, 0.25) is 0 Å². The van der Waals surface area contributed by atoms with Gasteiger partial charge in [-0.05, 0) is 38.1 Å². The molecule has 3 rings (SSSR count). The Kier molecular flexibility index (Phi) is 5.07. The lowest BCUT2D eigenvalue weighted by Crippen LogP contribution is -2.33. The molecule has 0 radical (unpaired) electrons. The number of aromatic nitrogens is 1. The van der Waals surface area contributed by atoms with E-state index >= 15 is 0 Å². The van der Waals surface area contributed by atoms with Gasteiger partial charge >= 0.3 is 0 Å². The van der Waals surface area contributed by atoms with E-state index in [1.54, 1.807) is 22.6 Å². The third-order valence-electron chi connectivity index (χ3n) is 3.99. The molecule has 120 valence electrons. The molecule has 1 fully saturated rings. The van der Waals surface area contributed by atoms with Crippen molar-refractivity contribution in [3.8, 4) is 0 Å². The first kappa shape index (κ1) is 17.1. The van der Waals surface area contributed by atoms with Gasteiger partial charge < -0.3 is 5.32 Å². The molecule has 1 aromatic carbocycles. The highest BCUT2D eigenvalue weighted by atomic mass is 35.5. The van der Waals surface area contributed by atoms with Crippen LogP contribution in [0, 0.1) is 6.92 Å². The predicted octanol–water partition coefficient (Wildman–Crippen LogP) is 1.95. The van der Waals surface area contributed by atoms with Crippen LogP contribution in [0.5, 0.6) is 0 Å². The summed E-state index contributed by atoms with van der Waals surface area (Å²) in [7, 11) is -1.63. The third kappa shape index (κ3) is 2.96. The molecular weight excluding hydrogens is 322 g/mol. The van der Waals surface area contributed by atoms with Gasteiger partial charge in [-0.15, -0.1) is 12.4 Å². The number of hydrogen-bond acceptors (Lipinski definition) is 4. The standard InChI is InChI=1S/C15H19N3O2S.ClH/c1-11-8-12-4-3-5-14(15(12)17-9-11)21(19,20)18-7-6-13(10-18)16-2;/h3-5,8-9,13,16H,6-7,10H2,1-2H3;1H. The molecule has 0 bridgehead atoms. The summed E-state index contributed by atoms with van der Waals surface area (Å²) in [6, 6.07) is 7.51. The minimum absolute atomic E-state index is 0. The predicted molar refractivity (Wildman–Crippen MR) is 90.0 cm³/mol. The van der Waals surface area contributed by atoms with Crippen LogP contribution in [0.25, 0.3) is 10.9 Å². The molecule has 1 N–H and O–H groups in total. The number of nitrogens with one attached hydrogen (secondary N) is 1. The number of sulfonamides is 1. The normalized spacial score (nSPS) is 19.3. The molecule has 0 saturated carbocycles. The summed E-state index contributed by atoms with van der Waals surface area (Å²) >= 11 is 0. The van der Waals surface area contributed by atoms with Crippen LogP contribution in [0.4, 0.5) is 0 Å². The van der Waals surface area contributed by atoms with Gasteiger partial charge in [0.15, 0.2) is 0 Å². The maximum absolute atomic E-state index is 12.9. The van der Waals surface area contributed by atoms with E-state index in [1.807, 2.05) is 26.1 Å². The Bertz CT molecular complexity index is 779. The van der Waals surface area contributed by atoms with Crippen LogP contribution in [-0.4, -0.2) is 43.9 Å². The summed E-state index contributed by atoms with van der Waals surface area (Å²) in [5.41, 5.74) is 1.57. The maximum atomic E-state index is 12.9. The SMILES string of the molecule is CNC1CCN(S(=O)(=O)c2cccc3cc(C)cnc23)C1.Cl. The zero-order chi connectivity index (χ0) is 15.0. The number of rotatable bonds is 3. The first-order valence-corrected chi connectivity index (χ1v) is 8.49. The van der Waals surface area contributed by atoms with E-state index < -0.39 is 10.0 Å². The molecule has 1 saturated heterocycles. The lowest BCUT2D eigenvalue weighted by atomic mass is 10.2. The van der Waals surface area contributed by atoms with Crippen LogP contribution >= 0.6 is 12.4 Å². The quantitative estimate of drug-likeness (QED) is 0.926. The zero-order valence-electron chi connectivity index (χ0n) is 12.6. The Morgan fingerprint density at radius 3 is 2.82 bits per heavy atom. The zero-order valence-corrected chi connectivity index (χ0v) is 14.2. The van der Waals surface area contributed by atoms with E-state index in [0.29, 0.717) is 23.5 Å². The average molecular weight is 342 g/mol. The van der Waals surface area contributed by atoms with Gasteiger partial charge in [0.2, 0.25) is 10.0 Å². The smallest absolute Gasteiger partial charge is 0.245 e. The van der Waals surface area contributed by atoms with E-state index in [9.17, 15) is 8.42 Å². The Labute approximate surface area is 137 Å². The van der Waals surface area contributed by atoms with E-state index in [0.717, 1.165) is 17.4 Å². The minimum Gasteiger partial charge on any atom is -0.316 e. The fourth-order valence-corrected chi connectivity index (χ4v) is 4.44. The molecule has 22 heavy (non-hydrogen) atoms. The second kappa shape index (κ2) is 6.50. The van der Waals surface area contributed by atoms with Crippen molar-refractivity contribution in [1.29, 1.82) is 0 Å². The second-order valence-corrected chi connectivity index (χ2v) is 7.38. The lowest BCUT2D eigenvalue weighted by molar-refractivity contribution is 0.465. The molecule has 2 aromatic rings. The highest BCUT2D eigenvalue weighted by Gasteiger charge is 2.33. The Hall–Kier alpha value is -1.21. The average Bonchev–Trinajstić information content (AvgIpc) is 2.96. The van der Waals surface area contributed by atoms with Crippen LogP contribution in [0.1, 0.15) is 12.0 Å². The molecule has 1 aromatic heterocycles. The molecule has 5 nitrogen and oxygen atoms in total. The topological polar surface area (TPSA) is 62.3 Å². The molecule has 0 aliphatic carbocycles. The number of nitrogens with zero attached hydrogens (tertiary/aromatic N) is 2. The number of pyridine rings is 1. The van der Waals surface area contributed by atoms with Gasteiger partial charge in [0, 0.05) is 30.7 Å². The number of benzene rings is 1. The fourth-order valence-electron chi connectivity index (χ4n) is 2.77. The van der Waals surface area contributed by atoms with Gasteiger partial charge in [-0.1, -0.05) is 12.1 Å². The summed E-state index contributed by atoms with van der Waals surface area (Å²) in [5, 5.41) is 4.00. The maximum Gasteiger partial charge on any atom is 0.245 e. The van der Waals surface area contributed by atoms with Crippen LogP contribution in [0.15, 0.2) is 35.4 Å². The number of para-hydroxylation sites is 1. The van der Waals surface area contributed by atoms with Gasteiger partial charge in [0.1, 0.15) is 4.90 Å². The number of likely N-dealkylation sites (N-methyl/N-ethyl adjacent to an activating group) is 1. The van der Waals surface area contributed by atoms with Gasteiger partial charge in [0.25, 0.3) is 0 Å². The molecule has 0 amide bonds. The first-order valence-electron chi connectivity index (χ1n) is 7.05. The molecule has 1 aliphatic rings. The van der Waals surface area contributed by atoms with Crippen molar-refractivity contribution >= 4 is 33.3 Å². The Balaban J connectivity index is 0.00000176. The summed E-state index contributed by atoms with van der Waals surface area (Å²) in [6.45, 7) is 3.02. The van der Waals surface area contributed by atoms with E-state index in [-0.39, 0.29) is 18.4 Å². The Morgan fingerprint density at radius 1 is 1.36 bits per heavy atom. The van der Waals surface area contributed by atoms with Crippen LogP contribution in [-0.2, 0) is 10.0 Å². The molecule has 1 unspecified atom stereocenters. The Morgan fingerprint density at radius 2 is 2.14 bits per heavy atom. The largest absolute Gasteiger partial charge is 0.316 e. The monoisotopic (exact) mass is 341 g/mol. The molecule has 0 spiro atoms. The second-order valence-electron chi connectivity index (χ2n) is 5.48. The summed E-state index contributed by atoms with van der Waals surface area (Å²) in [5.74, 6) is 0. The number of fused-ring (bicyclic) bond motifs is 1. The summed E-state index contributed by atoms with van der Waals surface area (Å²) in [4.78, 5) is 4.64. The summed E-state index contributed by atoms with van der Waals surface area (Å²) in [6.07, 6.45) is 2.55. The van der Waals surface area contributed by atoms with Gasteiger partial charge in [-0.25, -0.2) is 8.42 Å². The fraction of sp³-hybridized carbons (Fsp3) is 0.400. The van der Waals surface area contributed by atoms with E-state index in [2.05, 4.69) is 10.3 Å². The van der Waals surface area contributed by atoms with Gasteiger partial charge in [0.05, 0.1) is 5.52 Å². The van der Waals surface area contributed by atoms with Crippen LogP contribution in [0.3, 0.4) is 0 Å². The van der Waals surface area contributed by atoms with Crippen molar-refractivity contribution in [3.05, 3.63) is 36.0 Å². The van der Waals surface area contributed by atoms with Crippen molar-refractivity contribution in [2.75, 3.05) is 20.1 Å². The number of hydrogen-bond donors (Lipinski definition) is 1. The van der Waals surface area contributed by atoms with Crippen molar-refractivity contribution in [2.45, 2.75) is 24.3 Å². The molecule has 2 heterocycles. The summed E-state index contributed by atoms with van der Waals surface area (Å²) < 4.78 is 27.3. The van der Waals surface area contributed by atoms with Crippen molar-refractivity contribution in [3.63, 3.8) is 0 Å². The minimum atomic E-state index is -3.49. The number of aryl methyl sites for hydroxylation is 1. The van der Waals surface area contributed by atoms with Crippen molar-refractivity contribution in [2.24, 2.45) is 0 Å². The third-order valence-corrected chi connectivity index (χ3v) is 5.88. The van der Waals surface area contributed by atoms with Crippen LogP contribution < -0.4 is 5.32 Å². The van der Waals surface area contributed by atoms with Gasteiger partial charge in [-0.3, -0.25) is 4.98 Å². The number of halogens is 1. The lowest BCUT2D eigenvalue weighted by Gasteiger charge is -2.17. The van der Waals surface area contributed by atoms with E-state index in [4.69, 9.17) is 0 Å². The molecular formula is C15H20ClN3O2S.